The lowest BCUT2D eigenvalue weighted by atomic mass is 9.92. The molecule has 3 amide bonds. The maximum Gasteiger partial charge on any atom is 0.322 e. The molecule has 2 fully saturated rings. The van der Waals surface area contributed by atoms with Gasteiger partial charge >= 0.3 is 6.03 Å². The van der Waals surface area contributed by atoms with Crippen LogP contribution in [0.3, 0.4) is 0 Å². The first-order valence-electron chi connectivity index (χ1n) is 9.45. The second-order valence-electron chi connectivity index (χ2n) is 7.84. The largest absolute Gasteiger partial charge is 0.341 e. The zero-order valence-electron chi connectivity index (χ0n) is 16.0. The highest BCUT2D eigenvalue weighted by atomic mass is 16.2. The van der Waals surface area contributed by atoms with Crippen molar-refractivity contribution in [3.8, 4) is 0 Å². The van der Waals surface area contributed by atoms with Gasteiger partial charge in [-0.1, -0.05) is 13.8 Å². The molecule has 2 unspecified atom stereocenters. The third-order valence-electron chi connectivity index (χ3n) is 5.20. The predicted octanol–water partition coefficient (Wildman–Crippen LogP) is 1.07. The van der Waals surface area contributed by atoms with Crippen LogP contribution in [0.4, 0.5) is 10.5 Å². The Kier molecular flexibility index (Phi) is 5.80. The number of hydrogen-bond acceptors (Lipinski definition) is 4. The van der Waals surface area contributed by atoms with Crippen molar-refractivity contribution in [3.05, 3.63) is 12.4 Å². The van der Waals surface area contributed by atoms with Gasteiger partial charge < -0.3 is 15.1 Å². The fourth-order valence-corrected chi connectivity index (χ4v) is 3.96. The van der Waals surface area contributed by atoms with E-state index in [0.717, 1.165) is 26.2 Å². The molecule has 1 N–H and O–H groups in total. The van der Waals surface area contributed by atoms with Crippen molar-refractivity contribution in [2.45, 2.75) is 20.3 Å². The van der Waals surface area contributed by atoms with Crippen LogP contribution in [0, 0.1) is 11.8 Å². The first-order valence-corrected chi connectivity index (χ1v) is 9.45. The smallest absolute Gasteiger partial charge is 0.322 e. The van der Waals surface area contributed by atoms with Gasteiger partial charge in [0.1, 0.15) is 0 Å². The number of hydrogen-bond donors (Lipinski definition) is 1. The quantitative estimate of drug-likeness (QED) is 0.873. The number of carbonyl (C=O) groups excluding carboxylic acids is 2. The van der Waals surface area contributed by atoms with Crippen LogP contribution in [-0.4, -0.2) is 82.2 Å². The maximum absolute atomic E-state index is 12.6. The third kappa shape index (κ3) is 4.75. The molecule has 0 bridgehead atoms. The van der Waals surface area contributed by atoms with Crippen LogP contribution in [0.5, 0.6) is 0 Å². The van der Waals surface area contributed by atoms with Crippen molar-refractivity contribution in [2.24, 2.45) is 18.9 Å². The van der Waals surface area contributed by atoms with Gasteiger partial charge in [0, 0.05) is 52.5 Å². The molecule has 0 saturated carbocycles. The Bertz CT molecular complexity index is 627. The van der Waals surface area contributed by atoms with Crippen molar-refractivity contribution in [2.75, 3.05) is 51.1 Å². The molecule has 8 heteroatoms. The van der Waals surface area contributed by atoms with Crippen molar-refractivity contribution >= 4 is 17.6 Å². The number of carbonyl (C=O) groups is 2. The number of piperidine rings is 1. The van der Waals surface area contributed by atoms with E-state index in [0.29, 0.717) is 37.2 Å². The van der Waals surface area contributed by atoms with E-state index in [1.807, 2.05) is 11.9 Å². The first kappa shape index (κ1) is 18.7. The number of likely N-dealkylation sites (tertiary alicyclic amines) is 1. The van der Waals surface area contributed by atoms with Crippen molar-refractivity contribution in [3.63, 3.8) is 0 Å². The van der Waals surface area contributed by atoms with Gasteiger partial charge in [-0.05, 0) is 18.3 Å². The molecule has 2 atom stereocenters. The van der Waals surface area contributed by atoms with E-state index in [1.165, 1.54) is 6.42 Å². The molecular weight excluding hydrogens is 332 g/mol. The zero-order valence-corrected chi connectivity index (χ0v) is 16.0. The second-order valence-corrected chi connectivity index (χ2v) is 7.84. The molecule has 0 spiro atoms. The zero-order chi connectivity index (χ0) is 18.7. The number of rotatable bonds is 3. The predicted molar refractivity (Wildman–Crippen MR) is 99.8 cm³/mol. The van der Waals surface area contributed by atoms with Gasteiger partial charge in [0.05, 0.1) is 18.4 Å². The Labute approximate surface area is 155 Å². The molecule has 8 nitrogen and oxygen atoms in total. The van der Waals surface area contributed by atoms with Gasteiger partial charge in [0.25, 0.3) is 0 Å². The molecule has 2 aliphatic heterocycles. The average molecular weight is 362 g/mol. The van der Waals surface area contributed by atoms with E-state index in [4.69, 9.17) is 0 Å². The summed E-state index contributed by atoms with van der Waals surface area (Å²) in [5, 5.41) is 6.91. The Morgan fingerprint density at radius 1 is 1.12 bits per heavy atom. The summed E-state index contributed by atoms with van der Waals surface area (Å²) >= 11 is 0. The summed E-state index contributed by atoms with van der Waals surface area (Å²) in [4.78, 5) is 30.9. The van der Waals surface area contributed by atoms with Gasteiger partial charge in [0.2, 0.25) is 5.91 Å². The van der Waals surface area contributed by atoms with Crippen LogP contribution >= 0.6 is 0 Å². The number of nitrogens with one attached hydrogen (secondary N) is 1. The minimum atomic E-state index is -0.109. The van der Waals surface area contributed by atoms with Crippen LogP contribution in [0.1, 0.15) is 20.3 Å². The summed E-state index contributed by atoms with van der Waals surface area (Å²) in [6.07, 6.45) is 4.61. The van der Waals surface area contributed by atoms with E-state index in [1.54, 1.807) is 22.0 Å². The SMILES string of the molecule is CC1CC(C)CN(C(=O)CN2CCN(C(=O)Nc3cnn(C)c3)CC2)C1. The molecule has 1 aromatic rings. The topological polar surface area (TPSA) is 73.7 Å². The van der Waals surface area contributed by atoms with E-state index in [2.05, 4.69) is 29.2 Å². The number of anilines is 1. The van der Waals surface area contributed by atoms with Crippen molar-refractivity contribution < 1.29 is 9.59 Å². The number of amides is 3. The molecule has 0 aliphatic carbocycles. The highest BCUT2D eigenvalue weighted by molar-refractivity contribution is 5.89. The van der Waals surface area contributed by atoms with E-state index >= 15 is 0 Å². The minimum Gasteiger partial charge on any atom is -0.341 e. The van der Waals surface area contributed by atoms with Crippen LogP contribution in [0.2, 0.25) is 0 Å². The minimum absolute atomic E-state index is 0.109. The lowest BCUT2D eigenvalue weighted by Crippen LogP contribution is -2.53. The molecule has 1 aromatic heterocycles. The molecule has 144 valence electrons. The Balaban J connectivity index is 1.43. The highest BCUT2D eigenvalue weighted by Crippen LogP contribution is 2.21. The summed E-state index contributed by atoms with van der Waals surface area (Å²) < 4.78 is 1.65. The lowest BCUT2D eigenvalue weighted by molar-refractivity contribution is -0.135. The Hall–Kier alpha value is -2.09. The number of piperazine rings is 1. The number of urea groups is 1. The summed E-state index contributed by atoms with van der Waals surface area (Å²) in [5.41, 5.74) is 0.698. The molecule has 2 aliphatic rings. The fraction of sp³-hybridized carbons (Fsp3) is 0.722. The van der Waals surface area contributed by atoms with Crippen LogP contribution in [-0.2, 0) is 11.8 Å². The number of aryl methyl sites for hydroxylation is 1. The molecule has 3 heterocycles. The molecule has 3 rings (SSSR count). The van der Waals surface area contributed by atoms with Crippen molar-refractivity contribution in [1.29, 1.82) is 0 Å². The van der Waals surface area contributed by atoms with E-state index in [9.17, 15) is 9.59 Å². The molecule has 0 radical (unpaired) electrons. The monoisotopic (exact) mass is 362 g/mol. The average Bonchev–Trinajstić information content (AvgIpc) is 2.99. The molecular formula is C18H30N6O2. The highest BCUT2D eigenvalue weighted by Gasteiger charge is 2.28. The fourth-order valence-electron chi connectivity index (χ4n) is 3.96. The number of aromatic nitrogens is 2. The summed E-state index contributed by atoms with van der Waals surface area (Å²) in [6.45, 7) is 9.35. The number of nitrogens with zero attached hydrogens (tertiary/aromatic N) is 5. The van der Waals surface area contributed by atoms with Crippen LogP contribution < -0.4 is 5.32 Å². The van der Waals surface area contributed by atoms with Crippen LogP contribution in [0.15, 0.2) is 12.4 Å². The summed E-state index contributed by atoms with van der Waals surface area (Å²) in [7, 11) is 1.81. The van der Waals surface area contributed by atoms with Gasteiger partial charge in [-0.25, -0.2) is 4.79 Å². The van der Waals surface area contributed by atoms with Crippen LogP contribution in [0.25, 0.3) is 0 Å². The maximum atomic E-state index is 12.6. The van der Waals surface area contributed by atoms with Gasteiger partial charge in [-0.15, -0.1) is 0 Å². The van der Waals surface area contributed by atoms with Gasteiger partial charge in [-0.2, -0.15) is 5.10 Å². The molecule has 0 aromatic carbocycles. The third-order valence-corrected chi connectivity index (χ3v) is 5.20. The van der Waals surface area contributed by atoms with Crippen molar-refractivity contribution in [1.82, 2.24) is 24.5 Å². The summed E-state index contributed by atoms with van der Waals surface area (Å²) in [6, 6.07) is -0.109. The Morgan fingerprint density at radius 2 is 1.77 bits per heavy atom. The Morgan fingerprint density at radius 3 is 2.35 bits per heavy atom. The second kappa shape index (κ2) is 8.07. The summed E-state index contributed by atoms with van der Waals surface area (Å²) in [5.74, 6) is 1.38. The van der Waals surface area contributed by atoms with Gasteiger partial charge in [0.15, 0.2) is 0 Å². The lowest BCUT2D eigenvalue weighted by Gasteiger charge is -2.38. The normalized spacial score (nSPS) is 24.6. The molecule has 26 heavy (non-hydrogen) atoms. The first-order chi connectivity index (χ1) is 12.4. The van der Waals surface area contributed by atoms with Gasteiger partial charge in [-0.3, -0.25) is 14.4 Å². The van der Waals surface area contributed by atoms with E-state index < -0.39 is 0 Å². The van der Waals surface area contributed by atoms with E-state index in [-0.39, 0.29) is 11.9 Å². The standard InChI is InChI=1S/C18H30N6O2/c1-14-8-15(2)11-24(10-14)17(25)13-22-4-6-23(7-5-22)18(26)20-16-9-19-21(3)12-16/h9,12,14-15H,4-8,10-11,13H2,1-3H3,(H,20,26). The molecule has 2 saturated heterocycles.